The molecule has 34 heavy (non-hydrogen) atoms. The Labute approximate surface area is 193 Å². The van der Waals surface area contributed by atoms with Gasteiger partial charge in [-0.3, -0.25) is 24.2 Å². The van der Waals surface area contributed by atoms with Gasteiger partial charge in [0.1, 0.15) is 5.75 Å². The summed E-state index contributed by atoms with van der Waals surface area (Å²) in [5.41, 5.74) is 2.31. The first-order valence-electron chi connectivity index (χ1n) is 10.5. The molecule has 1 unspecified atom stereocenters. The molecule has 0 aliphatic heterocycles. The number of fused-ring (bicyclic) bond motifs is 1. The Morgan fingerprint density at radius 3 is 2.62 bits per heavy atom. The monoisotopic (exact) mass is 478 g/mol. The summed E-state index contributed by atoms with van der Waals surface area (Å²) in [6.45, 7) is 4.16. The third-order valence-corrected chi connectivity index (χ3v) is 4.98. The molecule has 0 saturated carbocycles. The van der Waals surface area contributed by atoms with E-state index in [4.69, 9.17) is 4.74 Å². The fourth-order valence-electron chi connectivity index (χ4n) is 3.25. The van der Waals surface area contributed by atoms with Gasteiger partial charge in [0, 0.05) is 37.8 Å². The molecule has 0 radical (unpaired) electrons. The molecule has 2 N–H and O–H groups in total. The second-order valence-electron chi connectivity index (χ2n) is 7.76. The summed E-state index contributed by atoms with van der Waals surface area (Å²) >= 11 is 0. The molecule has 2 amide bonds. The van der Waals surface area contributed by atoms with Crippen LogP contribution in [-0.2, 0) is 16.0 Å². The molecule has 9 nitrogen and oxygen atoms in total. The molecule has 0 aromatic carbocycles. The van der Waals surface area contributed by atoms with E-state index in [2.05, 4.69) is 25.7 Å². The number of rotatable bonds is 9. The second kappa shape index (κ2) is 10.5. The number of alkyl halides is 3. The third kappa shape index (κ3) is 6.65. The van der Waals surface area contributed by atoms with Crippen molar-refractivity contribution in [3.63, 3.8) is 0 Å². The molecule has 3 aromatic heterocycles. The van der Waals surface area contributed by atoms with Crippen molar-refractivity contribution in [3.05, 3.63) is 47.7 Å². The number of pyridine rings is 2. The number of amides is 2. The predicted molar refractivity (Wildman–Crippen MR) is 117 cm³/mol. The van der Waals surface area contributed by atoms with Crippen molar-refractivity contribution in [1.82, 2.24) is 30.4 Å². The lowest BCUT2D eigenvalue weighted by atomic mass is 10.1. The number of nitrogens with one attached hydrogen (secondary N) is 2. The first-order valence-corrected chi connectivity index (χ1v) is 10.5. The number of aryl methyl sites for hydroxylation is 1. The van der Waals surface area contributed by atoms with Crippen LogP contribution in [0, 0.1) is 6.92 Å². The Balaban J connectivity index is 1.72. The molecule has 0 saturated heterocycles. The van der Waals surface area contributed by atoms with E-state index in [0.29, 0.717) is 40.9 Å². The van der Waals surface area contributed by atoms with E-state index in [1.54, 1.807) is 36.1 Å². The fraction of sp³-hybridized carbons (Fsp3) is 0.409. The SMILES string of the molecule is CC(=O)NCCNC(=O)Cc1nccc2nn(C(C)c3cc(C)c(OCC(F)(F)F)cn3)cc12. The Hall–Kier alpha value is -3.70. The molecule has 0 aliphatic rings. The van der Waals surface area contributed by atoms with Crippen LogP contribution in [0.1, 0.15) is 36.8 Å². The van der Waals surface area contributed by atoms with Crippen molar-refractivity contribution in [2.24, 2.45) is 0 Å². The van der Waals surface area contributed by atoms with Gasteiger partial charge < -0.3 is 15.4 Å². The van der Waals surface area contributed by atoms with Crippen molar-refractivity contribution in [3.8, 4) is 5.75 Å². The second-order valence-corrected chi connectivity index (χ2v) is 7.76. The van der Waals surface area contributed by atoms with Crippen LogP contribution >= 0.6 is 0 Å². The summed E-state index contributed by atoms with van der Waals surface area (Å²) in [5, 5.41) is 10.6. The Morgan fingerprint density at radius 1 is 1.21 bits per heavy atom. The molecule has 3 aromatic rings. The highest BCUT2D eigenvalue weighted by atomic mass is 19.4. The van der Waals surface area contributed by atoms with E-state index in [9.17, 15) is 22.8 Å². The number of aromatic nitrogens is 4. The fourth-order valence-corrected chi connectivity index (χ4v) is 3.25. The van der Waals surface area contributed by atoms with Crippen LogP contribution in [0.3, 0.4) is 0 Å². The molecule has 1 atom stereocenters. The van der Waals surface area contributed by atoms with Gasteiger partial charge in [-0.15, -0.1) is 0 Å². The van der Waals surface area contributed by atoms with Gasteiger partial charge in [-0.1, -0.05) is 0 Å². The maximum absolute atomic E-state index is 12.4. The quantitative estimate of drug-likeness (QED) is 0.457. The minimum atomic E-state index is -4.43. The molecule has 12 heteroatoms. The molecular formula is C22H25F3N6O3. The number of carbonyl (C=O) groups is 2. The maximum atomic E-state index is 12.4. The Bertz CT molecular complexity index is 1180. The number of nitrogens with zero attached hydrogens (tertiary/aromatic N) is 4. The summed E-state index contributed by atoms with van der Waals surface area (Å²) in [5.74, 6) is -0.344. The summed E-state index contributed by atoms with van der Waals surface area (Å²) < 4.78 is 43.7. The largest absolute Gasteiger partial charge is 0.482 e. The first-order chi connectivity index (χ1) is 16.0. The number of ether oxygens (including phenoxy) is 1. The van der Waals surface area contributed by atoms with Gasteiger partial charge in [-0.05, 0) is 31.5 Å². The van der Waals surface area contributed by atoms with Crippen molar-refractivity contribution < 1.29 is 27.5 Å². The van der Waals surface area contributed by atoms with Crippen molar-refractivity contribution in [2.45, 2.75) is 39.4 Å². The van der Waals surface area contributed by atoms with Gasteiger partial charge in [-0.2, -0.15) is 18.3 Å². The van der Waals surface area contributed by atoms with E-state index >= 15 is 0 Å². The number of halogens is 3. The molecule has 0 bridgehead atoms. The Kier molecular flexibility index (Phi) is 7.69. The highest BCUT2D eigenvalue weighted by molar-refractivity contribution is 5.86. The molecule has 3 heterocycles. The topological polar surface area (TPSA) is 111 Å². The van der Waals surface area contributed by atoms with Gasteiger partial charge in [0.15, 0.2) is 6.61 Å². The summed E-state index contributed by atoms with van der Waals surface area (Å²) in [6, 6.07) is 3.05. The molecule has 0 fully saturated rings. The zero-order valence-corrected chi connectivity index (χ0v) is 18.9. The minimum absolute atomic E-state index is 0.0418. The maximum Gasteiger partial charge on any atom is 0.422 e. The van der Waals surface area contributed by atoms with Gasteiger partial charge >= 0.3 is 6.18 Å². The van der Waals surface area contributed by atoms with Crippen molar-refractivity contribution >= 4 is 22.7 Å². The zero-order chi connectivity index (χ0) is 24.9. The highest BCUT2D eigenvalue weighted by Gasteiger charge is 2.29. The van der Waals surface area contributed by atoms with Crippen LogP contribution in [0.4, 0.5) is 13.2 Å². The van der Waals surface area contributed by atoms with Gasteiger partial charge in [0.2, 0.25) is 11.8 Å². The molecule has 182 valence electrons. The third-order valence-electron chi connectivity index (χ3n) is 4.98. The van der Waals surface area contributed by atoms with E-state index in [-0.39, 0.29) is 30.0 Å². The van der Waals surface area contributed by atoms with Crippen LogP contribution in [0.5, 0.6) is 5.75 Å². The van der Waals surface area contributed by atoms with Crippen molar-refractivity contribution in [1.29, 1.82) is 0 Å². The van der Waals surface area contributed by atoms with Gasteiger partial charge in [0.05, 0.1) is 35.6 Å². The standard InChI is InChI=1S/C22H25F3N6O3/c1-13-8-18(29-10-20(13)34-12-22(23,24)25)14(2)31-11-16-17(30-31)4-5-27-19(16)9-21(33)28-7-6-26-15(3)32/h4-5,8,10-11,14H,6-7,9,12H2,1-3H3,(H,26,32)(H,28,33). The molecule has 3 rings (SSSR count). The zero-order valence-electron chi connectivity index (χ0n) is 18.9. The lowest BCUT2D eigenvalue weighted by Crippen LogP contribution is -2.34. The van der Waals surface area contributed by atoms with Crippen LogP contribution in [0.15, 0.2) is 30.7 Å². The van der Waals surface area contributed by atoms with Crippen molar-refractivity contribution in [2.75, 3.05) is 19.7 Å². The van der Waals surface area contributed by atoms with E-state index in [0.717, 1.165) is 0 Å². The van der Waals surface area contributed by atoms with E-state index in [1.165, 1.54) is 13.1 Å². The van der Waals surface area contributed by atoms with Crippen LogP contribution in [0.2, 0.25) is 0 Å². The molecular weight excluding hydrogens is 453 g/mol. The average Bonchev–Trinajstić information content (AvgIpc) is 3.20. The number of carbonyl (C=O) groups excluding carboxylic acids is 2. The van der Waals surface area contributed by atoms with Gasteiger partial charge in [0.25, 0.3) is 0 Å². The Morgan fingerprint density at radius 2 is 1.94 bits per heavy atom. The summed E-state index contributed by atoms with van der Waals surface area (Å²) in [6.07, 6.45) is 0.216. The van der Waals surface area contributed by atoms with Crippen LogP contribution in [-0.4, -0.2) is 57.4 Å². The van der Waals surface area contributed by atoms with E-state index < -0.39 is 12.8 Å². The first kappa shape index (κ1) is 24.9. The lowest BCUT2D eigenvalue weighted by Gasteiger charge is -2.15. The summed E-state index contributed by atoms with van der Waals surface area (Å²) in [7, 11) is 0. The predicted octanol–water partition coefficient (Wildman–Crippen LogP) is 2.48. The smallest absolute Gasteiger partial charge is 0.422 e. The number of hydrogen-bond donors (Lipinski definition) is 2. The number of hydrogen-bond acceptors (Lipinski definition) is 6. The minimum Gasteiger partial charge on any atom is -0.482 e. The van der Waals surface area contributed by atoms with Crippen LogP contribution < -0.4 is 15.4 Å². The lowest BCUT2D eigenvalue weighted by molar-refractivity contribution is -0.153. The van der Waals surface area contributed by atoms with Gasteiger partial charge in [-0.25, -0.2) is 0 Å². The van der Waals surface area contributed by atoms with E-state index in [1.807, 2.05) is 6.92 Å². The molecule has 0 spiro atoms. The highest BCUT2D eigenvalue weighted by Crippen LogP contribution is 2.26. The average molecular weight is 478 g/mol. The molecule has 0 aliphatic carbocycles. The normalized spacial score (nSPS) is 12.4. The van der Waals surface area contributed by atoms with Crippen LogP contribution in [0.25, 0.3) is 10.9 Å². The summed E-state index contributed by atoms with van der Waals surface area (Å²) in [4.78, 5) is 31.7.